The van der Waals surface area contributed by atoms with Gasteiger partial charge < -0.3 is 30.9 Å². The van der Waals surface area contributed by atoms with E-state index in [1.54, 1.807) is 24.4 Å². The molecule has 3 atom stereocenters. The summed E-state index contributed by atoms with van der Waals surface area (Å²) in [7, 11) is 6.21. The molecule has 13 heteroatoms. The van der Waals surface area contributed by atoms with E-state index in [0.29, 0.717) is 11.4 Å². The summed E-state index contributed by atoms with van der Waals surface area (Å²) in [6, 6.07) is 7.76. The molecule has 12 nitrogen and oxygen atoms in total. The Morgan fingerprint density at radius 1 is 1.05 bits per heavy atom. The summed E-state index contributed by atoms with van der Waals surface area (Å²) in [5, 5.41) is 12.4. The van der Waals surface area contributed by atoms with Gasteiger partial charge in [-0.2, -0.15) is 0 Å². The highest BCUT2D eigenvalue weighted by atomic mass is 32.1. The summed E-state index contributed by atoms with van der Waals surface area (Å²) >= 11 is 1.23. The van der Waals surface area contributed by atoms with Gasteiger partial charge in [-0.05, 0) is 18.5 Å². The fraction of sp³-hybridized carbons (Fsp3) is 0.500. The Bertz CT molecular complexity index is 1190. The normalized spacial score (nSPS) is 13.1. The molecule has 1 heterocycles. The van der Waals surface area contributed by atoms with Crippen LogP contribution in [0.4, 0.5) is 0 Å². The van der Waals surface area contributed by atoms with Gasteiger partial charge in [0, 0.05) is 45.5 Å². The number of ether oxygens (including phenoxy) is 1. The highest BCUT2D eigenvalue weighted by molar-refractivity contribution is 7.09. The lowest BCUT2D eigenvalue weighted by Crippen LogP contribution is -2.48. The van der Waals surface area contributed by atoms with Gasteiger partial charge in [-0.1, -0.05) is 44.2 Å². The Balaban J connectivity index is 2.15. The van der Waals surface area contributed by atoms with Crippen molar-refractivity contribution in [3.05, 3.63) is 52.0 Å². The third kappa shape index (κ3) is 10.0. The van der Waals surface area contributed by atoms with Crippen LogP contribution in [-0.2, 0) is 30.3 Å². The van der Waals surface area contributed by atoms with Crippen molar-refractivity contribution in [2.75, 3.05) is 41.3 Å². The van der Waals surface area contributed by atoms with Crippen LogP contribution in [0.25, 0.3) is 0 Å². The molecule has 224 valence electrons. The maximum absolute atomic E-state index is 13.1. The molecule has 41 heavy (non-hydrogen) atoms. The zero-order chi connectivity index (χ0) is 30.5. The first-order valence-electron chi connectivity index (χ1n) is 13.3. The molecule has 0 radical (unpaired) electrons. The van der Waals surface area contributed by atoms with Crippen molar-refractivity contribution in [1.82, 2.24) is 31.2 Å². The topological polar surface area (TPSA) is 159 Å². The van der Waals surface area contributed by atoms with Gasteiger partial charge in [0.25, 0.3) is 11.8 Å². The first-order valence-corrected chi connectivity index (χ1v) is 14.2. The molecule has 0 aliphatic rings. The maximum Gasteiger partial charge on any atom is 0.289 e. The smallest absolute Gasteiger partial charge is 0.289 e. The predicted octanol–water partition coefficient (Wildman–Crippen LogP) is 0.696. The highest BCUT2D eigenvalue weighted by Gasteiger charge is 2.31. The molecule has 1 aromatic heterocycles. The van der Waals surface area contributed by atoms with Crippen LogP contribution in [0, 0.1) is 5.92 Å². The molecule has 2 rings (SSSR count). The number of rotatable bonds is 16. The number of ketones is 1. The second-order valence-corrected chi connectivity index (χ2v) is 10.7. The van der Waals surface area contributed by atoms with Crippen LogP contribution >= 0.6 is 11.3 Å². The lowest BCUT2D eigenvalue weighted by molar-refractivity contribution is -0.138. The number of nitrogens with one attached hydrogen (secondary N) is 4. The van der Waals surface area contributed by atoms with Crippen LogP contribution in [0.2, 0.25) is 0 Å². The number of nitrogens with zero attached hydrogens (tertiary/aromatic N) is 2. The minimum absolute atomic E-state index is 0.0619. The molecule has 0 aliphatic heterocycles. The Morgan fingerprint density at radius 3 is 2.32 bits per heavy atom. The molecule has 0 aliphatic carbocycles. The first-order chi connectivity index (χ1) is 19.5. The summed E-state index contributed by atoms with van der Waals surface area (Å²) in [4.78, 5) is 68.5. The molecule has 2 aromatic rings. The molecule has 4 N–H and O–H groups in total. The number of amides is 4. The van der Waals surface area contributed by atoms with E-state index >= 15 is 0 Å². The van der Waals surface area contributed by atoms with Gasteiger partial charge in [-0.3, -0.25) is 24.0 Å². The number of benzene rings is 1. The zero-order valence-electron chi connectivity index (χ0n) is 24.4. The lowest BCUT2D eigenvalue weighted by atomic mass is 9.96. The molecule has 3 unspecified atom stereocenters. The van der Waals surface area contributed by atoms with Crippen molar-refractivity contribution in [3.8, 4) is 0 Å². The minimum atomic E-state index is -1.08. The third-order valence-electron chi connectivity index (χ3n) is 6.56. The molecular formula is C28H40N6O6S. The number of likely N-dealkylation sites (N-methyl/N-ethyl adjacent to an activating group) is 3. The van der Waals surface area contributed by atoms with Gasteiger partial charge in [0.2, 0.25) is 17.6 Å². The Labute approximate surface area is 244 Å². The second kappa shape index (κ2) is 16.6. The van der Waals surface area contributed by atoms with Crippen molar-refractivity contribution in [2.45, 2.75) is 44.9 Å². The summed E-state index contributed by atoms with van der Waals surface area (Å²) in [6.07, 6.45) is 0.0274. The monoisotopic (exact) mass is 588 g/mol. The summed E-state index contributed by atoms with van der Waals surface area (Å²) in [5.41, 5.74) is 0.876. The lowest BCUT2D eigenvalue weighted by Gasteiger charge is -2.33. The molecule has 1 aromatic carbocycles. The Kier molecular flexibility index (Phi) is 13.5. The van der Waals surface area contributed by atoms with Crippen LogP contribution in [0.5, 0.6) is 0 Å². The second-order valence-electron chi connectivity index (χ2n) is 9.81. The zero-order valence-corrected chi connectivity index (χ0v) is 25.2. The summed E-state index contributed by atoms with van der Waals surface area (Å²) < 4.78 is 5.71. The first kappa shape index (κ1) is 33.5. The molecule has 0 bridgehead atoms. The van der Waals surface area contributed by atoms with Crippen molar-refractivity contribution >= 4 is 40.7 Å². The maximum atomic E-state index is 13.1. The van der Waals surface area contributed by atoms with E-state index in [1.807, 2.05) is 44.2 Å². The number of thiazole rings is 1. The fourth-order valence-electron chi connectivity index (χ4n) is 4.21. The van der Waals surface area contributed by atoms with Gasteiger partial charge in [0.15, 0.2) is 0 Å². The van der Waals surface area contributed by atoms with Crippen LogP contribution in [0.3, 0.4) is 0 Å². The number of hydrogen-bond acceptors (Lipinski definition) is 9. The summed E-state index contributed by atoms with van der Waals surface area (Å²) in [5.74, 6) is -2.61. The van der Waals surface area contributed by atoms with E-state index in [4.69, 9.17) is 4.74 Å². The number of carbonyl (C=O) groups is 5. The molecule has 4 amide bonds. The quantitative estimate of drug-likeness (QED) is 0.209. The van der Waals surface area contributed by atoms with E-state index in [9.17, 15) is 24.0 Å². The van der Waals surface area contributed by atoms with Crippen molar-refractivity contribution in [3.63, 3.8) is 0 Å². The van der Waals surface area contributed by atoms with E-state index in [2.05, 4.69) is 26.3 Å². The van der Waals surface area contributed by atoms with Gasteiger partial charge in [0.1, 0.15) is 22.8 Å². The standard InChI is InChI=1S/C28H40N6O6S/c1-17(2)21(34(5)24(36)15-31-23(35)14-29-3)13-22(40-6)28-33-20(16-41-28)26(38)32-19(25(37)27(39)30-4)12-18-10-8-7-9-11-18/h7-11,16-17,19,21-22,29H,12-15H2,1-6H3,(H,30,39)(H,31,35)(H,32,38). The van der Waals surface area contributed by atoms with Crippen LogP contribution in [-0.4, -0.2) is 92.7 Å². The van der Waals surface area contributed by atoms with Gasteiger partial charge in [-0.25, -0.2) is 4.98 Å². The SMILES string of the molecule is CNCC(=O)NCC(=O)N(C)C(CC(OC)c1nc(C(=O)NC(Cc2ccccc2)C(=O)C(=O)NC)cs1)C(C)C. The molecule has 0 saturated carbocycles. The summed E-state index contributed by atoms with van der Waals surface area (Å²) in [6.45, 7) is 3.96. The largest absolute Gasteiger partial charge is 0.374 e. The Morgan fingerprint density at radius 2 is 1.73 bits per heavy atom. The van der Waals surface area contributed by atoms with E-state index in [-0.39, 0.29) is 49.0 Å². The number of methoxy groups -OCH3 is 1. The van der Waals surface area contributed by atoms with Crippen molar-refractivity contribution in [1.29, 1.82) is 0 Å². The average Bonchev–Trinajstić information content (AvgIpc) is 3.45. The predicted molar refractivity (Wildman–Crippen MR) is 155 cm³/mol. The van der Waals surface area contributed by atoms with Crippen molar-refractivity contribution < 1.29 is 28.7 Å². The fourth-order valence-corrected chi connectivity index (χ4v) is 5.10. The van der Waals surface area contributed by atoms with E-state index in [0.717, 1.165) is 5.56 Å². The Hall–Kier alpha value is -3.68. The number of hydrogen-bond donors (Lipinski definition) is 4. The third-order valence-corrected chi connectivity index (χ3v) is 7.50. The number of Topliss-reactive ketones (excluding diaryl/α,β-unsaturated/α-hetero) is 1. The van der Waals surface area contributed by atoms with Gasteiger partial charge in [0.05, 0.1) is 13.1 Å². The molecule has 0 spiro atoms. The van der Waals surface area contributed by atoms with Gasteiger partial charge >= 0.3 is 0 Å². The molecular weight excluding hydrogens is 548 g/mol. The van der Waals surface area contributed by atoms with Crippen molar-refractivity contribution in [2.24, 2.45) is 5.92 Å². The minimum Gasteiger partial charge on any atom is -0.374 e. The molecule has 0 saturated heterocycles. The van der Waals surface area contributed by atoms with Crippen LogP contribution < -0.4 is 21.3 Å². The molecule has 0 fully saturated rings. The van der Waals surface area contributed by atoms with Crippen LogP contribution in [0.15, 0.2) is 35.7 Å². The number of aromatic nitrogens is 1. The van der Waals surface area contributed by atoms with Crippen LogP contribution in [0.1, 0.15) is 47.4 Å². The number of carbonyl (C=O) groups excluding carboxylic acids is 5. The van der Waals surface area contributed by atoms with E-state index in [1.165, 1.54) is 25.5 Å². The average molecular weight is 589 g/mol. The van der Waals surface area contributed by atoms with E-state index < -0.39 is 29.7 Å². The van der Waals surface area contributed by atoms with Gasteiger partial charge in [-0.15, -0.1) is 11.3 Å². The highest BCUT2D eigenvalue weighted by Crippen LogP contribution is 2.29.